The van der Waals surface area contributed by atoms with Gasteiger partial charge in [-0.15, -0.1) is 0 Å². The van der Waals surface area contributed by atoms with Gasteiger partial charge >= 0.3 is 0 Å². The van der Waals surface area contributed by atoms with E-state index >= 15 is 0 Å². The molecule has 2 amide bonds. The average molecular weight is 439 g/mol. The fourth-order valence-electron chi connectivity index (χ4n) is 3.80. The van der Waals surface area contributed by atoms with Crippen LogP contribution in [0.15, 0.2) is 42.6 Å². The highest BCUT2D eigenvalue weighted by molar-refractivity contribution is 7.91. The van der Waals surface area contributed by atoms with Crippen molar-refractivity contribution in [3.8, 4) is 11.1 Å². The lowest BCUT2D eigenvalue weighted by Gasteiger charge is -2.26. The Morgan fingerprint density at radius 3 is 2.45 bits per heavy atom. The first-order valence-electron chi connectivity index (χ1n) is 10.3. The van der Waals surface area contributed by atoms with Crippen LogP contribution in [0.4, 0.5) is 5.82 Å². The topological polar surface area (TPSA) is 112 Å². The minimum atomic E-state index is -3.04. The molecular formula is C22H22N4O4S. The van der Waals surface area contributed by atoms with E-state index in [9.17, 15) is 18.0 Å². The number of aromatic amines is 1. The maximum absolute atomic E-state index is 12.7. The Hall–Kier alpha value is -3.20. The molecule has 2 aliphatic rings. The minimum absolute atomic E-state index is 0.00570. The van der Waals surface area contributed by atoms with Gasteiger partial charge in [-0.25, -0.2) is 13.4 Å². The Balaban J connectivity index is 1.40. The summed E-state index contributed by atoms with van der Waals surface area (Å²) in [4.78, 5) is 34.1. The van der Waals surface area contributed by atoms with Crippen molar-refractivity contribution < 1.29 is 18.0 Å². The second-order valence-corrected chi connectivity index (χ2v) is 10.4. The summed E-state index contributed by atoms with van der Waals surface area (Å²) >= 11 is 0. The van der Waals surface area contributed by atoms with Crippen LogP contribution >= 0.6 is 0 Å². The molecule has 8 nitrogen and oxygen atoms in total. The van der Waals surface area contributed by atoms with Crippen molar-refractivity contribution in [2.24, 2.45) is 5.92 Å². The fourth-order valence-corrected chi connectivity index (χ4v) is 5.01. The van der Waals surface area contributed by atoms with Gasteiger partial charge in [-0.2, -0.15) is 0 Å². The number of sulfone groups is 1. The summed E-state index contributed by atoms with van der Waals surface area (Å²) in [5.74, 6) is 0.425. The predicted octanol–water partition coefficient (Wildman–Crippen LogP) is 2.45. The molecule has 1 aromatic carbocycles. The number of anilines is 1. The van der Waals surface area contributed by atoms with Gasteiger partial charge in [0, 0.05) is 36.2 Å². The van der Waals surface area contributed by atoms with Crippen LogP contribution in [0, 0.1) is 5.92 Å². The summed E-state index contributed by atoms with van der Waals surface area (Å²) in [5.41, 5.74) is 3.00. The summed E-state index contributed by atoms with van der Waals surface area (Å²) in [6, 6.07) is 11.0. The monoisotopic (exact) mass is 438 g/mol. The predicted molar refractivity (Wildman–Crippen MR) is 117 cm³/mol. The third-order valence-corrected chi connectivity index (χ3v) is 7.41. The SMILES string of the molecule is O=C(Nc1cc(-c2ccc(C(=O)N3CCS(=O)(=O)CC3)cc2)c2cc[nH]c2n1)C1CC1. The fraction of sp³-hybridized carbons (Fsp3) is 0.318. The van der Waals surface area contributed by atoms with E-state index in [1.807, 2.05) is 24.3 Å². The number of carbonyl (C=O) groups excluding carboxylic acids is 2. The second kappa shape index (κ2) is 7.49. The minimum Gasteiger partial charge on any atom is -0.346 e. The number of benzene rings is 1. The Bertz CT molecular complexity index is 1260. The highest BCUT2D eigenvalue weighted by Crippen LogP contribution is 2.33. The smallest absolute Gasteiger partial charge is 0.253 e. The highest BCUT2D eigenvalue weighted by Gasteiger charge is 2.30. The van der Waals surface area contributed by atoms with Gasteiger partial charge in [0.15, 0.2) is 9.84 Å². The first-order valence-corrected chi connectivity index (χ1v) is 12.1. The van der Waals surface area contributed by atoms with E-state index in [-0.39, 0.29) is 42.3 Å². The van der Waals surface area contributed by atoms with Gasteiger partial charge in [0.2, 0.25) is 5.91 Å². The summed E-state index contributed by atoms with van der Waals surface area (Å²) in [7, 11) is -3.04. The van der Waals surface area contributed by atoms with Gasteiger partial charge in [0.05, 0.1) is 11.5 Å². The van der Waals surface area contributed by atoms with Gasteiger partial charge in [-0.05, 0) is 48.2 Å². The third-order valence-electron chi connectivity index (χ3n) is 5.80. The number of rotatable bonds is 4. The molecule has 2 fully saturated rings. The van der Waals surface area contributed by atoms with Crippen LogP contribution in [0.25, 0.3) is 22.2 Å². The molecule has 0 unspecified atom stereocenters. The number of fused-ring (bicyclic) bond motifs is 1. The normalized spacial score (nSPS) is 18.1. The van der Waals surface area contributed by atoms with Crippen LogP contribution in [-0.2, 0) is 14.6 Å². The molecule has 31 heavy (non-hydrogen) atoms. The van der Waals surface area contributed by atoms with Gasteiger partial charge in [-0.1, -0.05) is 12.1 Å². The van der Waals surface area contributed by atoms with E-state index in [1.165, 1.54) is 0 Å². The average Bonchev–Trinajstić information content (AvgIpc) is 3.51. The van der Waals surface area contributed by atoms with Gasteiger partial charge < -0.3 is 15.2 Å². The van der Waals surface area contributed by atoms with Crippen molar-refractivity contribution in [2.45, 2.75) is 12.8 Å². The van der Waals surface area contributed by atoms with Gasteiger partial charge in [0.1, 0.15) is 11.5 Å². The maximum Gasteiger partial charge on any atom is 0.253 e. The Labute approximate surface area is 179 Å². The number of pyridine rings is 1. The van der Waals surface area contributed by atoms with Crippen LogP contribution in [0.3, 0.4) is 0 Å². The van der Waals surface area contributed by atoms with Crippen LogP contribution in [0.2, 0.25) is 0 Å². The number of H-pyrrole nitrogens is 1. The van der Waals surface area contributed by atoms with Crippen molar-refractivity contribution in [1.82, 2.24) is 14.9 Å². The van der Waals surface area contributed by atoms with E-state index in [0.717, 1.165) is 29.4 Å². The molecule has 1 aliphatic carbocycles. The zero-order valence-corrected chi connectivity index (χ0v) is 17.6. The van der Waals surface area contributed by atoms with Crippen LogP contribution in [-0.4, -0.2) is 59.7 Å². The molecule has 0 atom stereocenters. The Morgan fingerprint density at radius 2 is 1.77 bits per heavy atom. The molecule has 0 radical (unpaired) electrons. The molecule has 9 heteroatoms. The molecule has 3 aromatic rings. The number of amides is 2. The second-order valence-electron chi connectivity index (χ2n) is 8.08. The van der Waals surface area contributed by atoms with Crippen molar-refractivity contribution in [3.05, 3.63) is 48.2 Å². The van der Waals surface area contributed by atoms with Gasteiger partial charge in [0.25, 0.3) is 5.91 Å². The number of hydrogen-bond acceptors (Lipinski definition) is 5. The Kier molecular flexibility index (Phi) is 4.77. The van der Waals surface area contributed by atoms with E-state index in [1.54, 1.807) is 23.2 Å². The molecular weight excluding hydrogens is 416 g/mol. The molecule has 0 spiro atoms. The summed E-state index contributed by atoms with van der Waals surface area (Å²) in [6.07, 6.45) is 3.64. The lowest BCUT2D eigenvalue weighted by molar-refractivity contribution is -0.117. The number of carbonyl (C=O) groups is 2. The van der Waals surface area contributed by atoms with Gasteiger partial charge in [-0.3, -0.25) is 9.59 Å². The first kappa shape index (κ1) is 19.7. The number of nitrogens with zero attached hydrogens (tertiary/aromatic N) is 2. The number of hydrogen-bond donors (Lipinski definition) is 2. The molecule has 160 valence electrons. The molecule has 1 aliphatic heterocycles. The summed E-state index contributed by atoms with van der Waals surface area (Å²) in [6.45, 7) is 0.447. The highest BCUT2D eigenvalue weighted by atomic mass is 32.2. The van der Waals surface area contributed by atoms with Crippen LogP contribution < -0.4 is 5.32 Å². The maximum atomic E-state index is 12.7. The van der Waals surface area contributed by atoms with Crippen LogP contribution in [0.1, 0.15) is 23.2 Å². The zero-order chi connectivity index (χ0) is 21.6. The van der Waals surface area contributed by atoms with Crippen molar-refractivity contribution in [3.63, 3.8) is 0 Å². The molecule has 0 bridgehead atoms. The number of nitrogens with one attached hydrogen (secondary N) is 2. The van der Waals surface area contributed by atoms with Crippen molar-refractivity contribution >= 4 is 38.5 Å². The van der Waals surface area contributed by atoms with E-state index < -0.39 is 9.84 Å². The van der Waals surface area contributed by atoms with Crippen molar-refractivity contribution in [2.75, 3.05) is 29.9 Å². The zero-order valence-electron chi connectivity index (χ0n) is 16.8. The lowest BCUT2D eigenvalue weighted by atomic mass is 10.0. The van der Waals surface area contributed by atoms with E-state index in [2.05, 4.69) is 15.3 Å². The molecule has 3 heterocycles. The molecule has 1 saturated carbocycles. The quantitative estimate of drug-likeness (QED) is 0.650. The molecule has 1 saturated heterocycles. The number of aromatic nitrogens is 2. The standard InChI is InChI=1S/C22H22N4O4S/c27-21(15-3-4-15)25-19-13-18(17-7-8-23-20(17)24-19)14-1-5-16(6-2-14)22(28)26-9-11-31(29,30)12-10-26/h1-2,5-8,13,15H,3-4,9-12H2,(H2,23,24,25,27). The third kappa shape index (κ3) is 4.05. The largest absolute Gasteiger partial charge is 0.346 e. The summed E-state index contributed by atoms with van der Waals surface area (Å²) in [5, 5.41) is 3.82. The van der Waals surface area contributed by atoms with Crippen LogP contribution in [0.5, 0.6) is 0 Å². The molecule has 2 aromatic heterocycles. The first-order chi connectivity index (χ1) is 14.9. The molecule has 2 N–H and O–H groups in total. The molecule has 5 rings (SSSR count). The summed E-state index contributed by atoms with van der Waals surface area (Å²) < 4.78 is 23.2. The van der Waals surface area contributed by atoms with E-state index in [0.29, 0.717) is 17.0 Å². The van der Waals surface area contributed by atoms with E-state index in [4.69, 9.17) is 0 Å². The van der Waals surface area contributed by atoms with Crippen molar-refractivity contribution in [1.29, 1.82) is 0 Å². The lowest BCUT2D eigenvalue weighted by Crippen LogP contribution is -2.43. The Morgan fingerprint density at radius 1 is 1.06 bits per heavy atom.